The van der Waals surface area contributed by atoms with Crippen molar-refractivity contribution in [3.8, 4) is 0 Å². The lowest BCUT2D eigenvalue weighted by atomic mass is 10.1. The summed E-state index contributed by atoms with van der Waals surface area (Å²) >= 11 is 0. The van der Waals surface area contributed by atoms with Crippen molar-refractivity contribution in [2.24, 2.45) is 5.92 Å². The van der Waals surface area contributed by atoms with Crippen molar-refractivity contribution >= 4 is 11.9 Å². The number of pyridine rings is 1. The summed E-state index contributed by atoms with van der Waals surface area (Å²) in [5, 5.41) is 0. The minimum atomic E-state index is -1.05. The molecule has 1 rings (SSSR count). The molecule has 1 aromatic heterocycles. The van der Waals surface area contributed by atoms with Crippen LogP contribution in [0.3, 0.4) is 0 Å². The Hall–Kier alpha value is -1.91. The third-order valence-electron chi connectivity index (χ3n) is 2.65. The molecule has 110 valence electrons. The molecule has 1 unspecified atom stereocenters. The second-order valence-electron chi connectivity index (χ2n) is 4.78. The van der Waals surface area contributed by atoms with E-state index in [2.05, 4.69) is 4.98 Å². The van der Waals surface area contributed by atoms with Gasteiger partial charge in [0.15, 0.2) is 0 Å². The smallest absolute Gasteiger partial charge is 0.352 e. The van der Waals surface area contributed by atoms with Crippen LogP contribution in [0.15, 0.2) is 24.5 Å². The molecule has 0 N–H and O–H groups in total. The number of carbonyl (C=O) groups excluding carboxylic acids is 2. The van der Waals surface area contributed by atoms with Gasteiger partial charge in [0, 0.05) is 18.0 Å². The van der Waals surface area contributed by atoms with Gasteiger partial charge in [0.25, 0.3) is 0 Å². The van der Waals surface area contributed by atoms with Crippen molar-refractivity contribution < 1.29 is 19.1 Å². The third-order valence-corrected chi connectivity index (χ3v) is 2.65. The molecular formula is C15H21NO4. The van der Waals surface area contributed by atoms with E-state index in [-0.39, 0.29) is 5.92 Å². The standard InChI is InChI=1S/C15H21NO4/c1-4-5-9-19-15(18)13(20-14(17)11(2)3)12-7-6-8-16-10-12/h6-8,10-11,13H,4-5,9H2,1-3H3. The summed E-state index contributed by atoms with van der Waals surface area (Å²) in [4.78, 5) is 27.7. The lowest BCUT2D eigenvalue weighted by Crippen LogP contribution is -2.24. The zero-order valence-corrected chi connectivity index (χ0v) is 12.2. The van der Waals surface area contributed by atoms with Gasteiger partial charge in [-0.15, -0.1) is 0 Å². The topological polar surface area (TPSA) is 65.5 Å². The van der Waals surface area contributed by atoms with Crippen LogP contribution >= 0.6 is 0 Å². The van der Waals surface area contributed by atoms with Crippen LogP contribution in [0.25, 0.3) is 0 Å². The van der Waals surface area contributed by atoms with E-state index in [1.807, 2.05) is 6.92 Å². The summed E-state index contributed by atoms with van der Waals surface area (Å²) in [5.41, 5.74) is 0.517. The van der Waals surface area contributed by atoms with Crippen LogP contribution in [0.5, 0.6) is 0 Å². The second-order valence-corrected chi connectivity index (χ2v) is 4.78. The minimum absolute atomic E-state index is 0.308. The number of esters is 2. The Bertz CT molecular complexity index is 431. The van der Waals surface area contributed by atoms with Crippen molar-refractivity contribution in [2.45, 2.75) is 39.7 Å². The van der Waals surface area contributed by atoms with E-state index >= 15 is 0 Å². The number of nitrogens with zero attached hydrogens (tertiary/aromatic N) is 1. The number of hydrogen-bond acceptors (Lipinski definition) is 5. The van der Waals surface area contributed by atoms with Gasteiger partial charge >= 0.3 is 11.9 Å². The zero-order valence-electron chi connectivity index (χ0n) is 12.2. The molecule has 0 saturated heterocycles. The first-order valence-corrected chi connectivity index (χ1v) is 6.83. The molecule has 0 radical (unpaired) electrons. The normalized spacial score (nSPS) is 12.0. The first-order chi connectivity index (χ1) is 9.56. The highest BCUT2D eigenvalue weighted by molar-refractivity contribution is 5.81. The molecule has 20 heavy (non-hydrogen) atoms. The molecule has 5 nitrogen and oxygen atoms in total. The summed E-state index contributed by atoms with van der Waals surface area (Å²) in [7, 11) is 0. The number of aromatic nitrogens is 1. The van der Waals surface area contributed by atoms with Crippen molar-refractivity contribution in [3.63, 3.8) is 0 Å². The molecule has 0 saturated carbocycles. The van der Waals surface area contributed by atoms with Crippen LogP contribution in [0.4, 0.5) is 0 Å². The number of carbonyl (C=O) groups is 2. The summed E-state index contributed by atoms with van der Waals surface area (Å²) in [6.07, 6.45) is 3.75. The molecule has 1 heterocycles. The molecule has 0 bridgehead atoms. The summed E-state index contributed by atoms with van der Waals surface area (Å²) in [6, 6.07) is 3.37. The summed E-state index contributed by atoms with van der Waals surface area (Å²) < 4.78 is 10.4. The largest absolute Gasteiger partial charge is 0.463 e. The van der Waals surface area contributed by atoms with E-state index < -0.39 is 18.0 Å². The predicted octanol–water partition coefficient (Wildman–Crippen LogP) is 2.67. The van der Waals surface area contributed by atoms with Gasteiger partial charge in [-0.05, 0) is 12.5 Å². The number of rotatable bonds is 7. The van der Waals surface area contributed by atoms with Crippen molar-refractivity contribution in [1.29, 1.82) is 0 Å². The van der Waals surface area contributed by atoms with Gasteiger partial charge in [-0.3, -0.25) is 9.78 Å². The molecule has 1 aromatic rings. The quantitative estimate of drug-likeness (QED) is 0.567. The van der Waals surface area contributed by atoms with Crippen LogP contribution in [-0.4, -0.2) is 23.5 Å². The molecule has 0 amide bonds. The third kappa shape index (κ3) is 4.99. The molecule has 1 atom stereocenters. The van der Waals surface area contributed by atoms with Crippen LogP contribution in [0.2, 0.25) is 0 Å². The Morgan fingerprint density at radius 2 is 2.05 bits per heavy atom. The average Bonchev–Trinajstić information content (AvgIpc) is 2.45. The van der Waals surface area contributed by atoms with Gasteiger partial charge in [0.1, 0.15) is 0 Å². The second kappa shape index (κ2) is 8.30. The maximum Gasteiger partial charge on any atom is 0.352 e. The van der Waals surface area contributed by atoms with Gasteiger partial charge in [0.05, 0.1) is 12.5 Å². The van der Waals surface area contributed by atoms with Crippen LogP contribution in [0.1, 0.15) is 45.3 Å². The Morgan fingerprint density at radius 3 is 2.60 bits per heavy atom. The molecule has 5 heteroatoms. The molecule has 0 aliphatic heterocycles. The summed E-state index contributed by atoms with van der Waals surface area (Å²) in [6.45, 7) is 5.76. The van der Waals surface area contributed by atoms with E-state index in [1.54, 1.807) is 32.2 Å². The number of ether oxygens (including phenoxy) is 2. The van der Waals surface area contributed by atoms with Gasteiger partial charge < -0.3 is 9.47 Å². The Kier molecular flexibility index (Phi) is 6.70. The monoisotopic (exact) mass is 279 g/mol. The van der Waals surface area contributed by atoms with E-state index in [9.17, 15) is 9.59 Å². The average molecular weight is 279 g/mol. The Balaban J connectivity index is 2.79. The van der Waals surface area contributed by atoms with Gasteiger partial charge in [0.2, 0.25) is 6.10 Å². The Labute approximate surface area is 119 Å². The molecule has 0 aromatic carbocycles. The number of hydrogen-bond donors (Lipinski definition) is 0. The van der Waals surface area contributed by atoms with Crippen LogP contribution in [0, 0.1) is 5.92 Å². The fourth-order valence-corrected chi connectivity index (χ4v) is 1.43. The first-order valence-electron chi connectivity index (χ1n) is 6.83. The first kappa shape index (κ1) is 16.1. The number of unbranched alkanes of at least 4 members (excludes halogenated alkanes) is 1. The SMILES string of the molecule is CCCCOC(=O)C(OC(=O)C(C)C)c1cccnc1. The van der Waals surface area contributed by atoms with E-state index in [0.29, 0.717) is 12.2 Å². The molecule has 0 aliphatic rings. The fourth-order valence-electron chi connectivity index (χ4n) is 1.43. The molecule has 0 spiro atoms. The maximum absolute atomic E-state index is 12.0. The van der Waals surface area contributed by atoms with E-state index in [4.69, 9.17) is 9.47 Å². The molecule has 0 fully saturated rings. The van der Waals surface area contributed by atoms with Gasteiger partial charge in [-0.1, -0.05) is 33.3 Å². The summed E-state index contributed by atoms with van der Waals surface area (Å²) in [5.74, 6) is -1.30. The maximum atomic E-state index is 12.0. The van der Waals surface area contributed by atoms with Crippen molar-refractivity contribution in [1.82, 2.24) is 4.98 Å². The highest BCUT2D eigenvalue weighted by atomic mass is 16.6. The molecular weight excluding hydrogens is 258 g/mol. The highest BCUT2D eigenvalue weighted by Gasteiger charge is 2.27. The van der Waals surface area contributed by atoms with E-state index in [1.165, 1.54) is 6.20 Å². The van der Waals surface area contributed by atoms with Crippen LogP contribution < -0.4 is 0 Å². The minimum Gasteiger partial charge on any atom is -0.463 e. The van der Waals surface area contributed by atoms with E-state index in [0.717, 1.165) is 12.8 Å². The van der Waals surface area contributed by atoms with Crippen LogP contribution in [-0.2, 0) is 19.1 Å². The van der Waals surface area contributed by atoms with Gasteiger partial charge in [-0.25, -0.2) is 4.79 Å². The fraction of sp³-hybridized carbons (Fsp3) is 0.533. The highest BCUT2D eigenvalue weighted by Crippen LogP contribution is 2.20. The Morgan fingerprint density at radius 1 is 1.30 bits per heavy atom. The van der Waals surface area contributed by atoms with Crippen molar-refractivity contribution in [2.75, 3.05) is 6.61 Å². The van der Waals surface area contributed by atoms with Gasteiger partial charge in [-0.2, -0.15) is 0 Å². The predicted molar refractivity (Wildman–Crippen MR) is 73.8 cm³/mol. The van der Waals surface area contributed by atoms with Crippen molar-refractivity contribution in [3.05, 3.63) is 30.1 Å². The lowest BCUT2D eigenvalue weighted by Gasteiger charge is -2.18. The lowest BCUT2D eigenvalue weighted by molar-refractivity contribution is -0.170. The molecule has 0 aliphatic carbocycles. The zero-order chi connectivity index (χ0) is 15.0.